The summed E-state index contributed by atoms with van der Waals surface area (Å²) >= 11 is 0. The highest BCUT2D eigenvalue weighted by Crippen LogP contribution is 2.33. The molecule has 0 bridgehead atoms. The summed E-state index contributed by atoms with van der Waals surface area (Å²) in [6.07, 6.45) is 1.56. The van der Waals surface area contributed by atoms with Crippen LogP contribution < -0.4 is 0 Å². The number of aldehydes is 1. The van der Waals surface area contributed by atoms with E-state index in [4.69, 9.17) is 0 Å². The van der Waals surface area contributed by atoms with Gasteiger partial charge in [0.15, 0.2) is 0 Å². The first-order valence-electron chi connectivity index (χ1n) is 3.99. The van der Waals surface area contributed by atoms with E-state index < -0.39 is 12.3 Å². The Morgan fingerprint density at radius 2 is 1.82 bits per heavy atom. The second-order valence-corrected chi connectivity index (χ2v) is 3.09. The molecule has 1 nitrogen and oxygen atoms in total. The molecule has 1 rings (SSSR count). The standard InChI is InChI=1S/C8H12F2O/c9-8(10)7(5-11)6-3-1-2-4-6/h5-8H,1-4H2. The lowest BCUT2D eigenvalue weighted by Gasteiger charge is -2.15. The van der Waals surface area contributed by atoms with Crippen LogP contribution in [-0.4, -0.2) is 12.7 Å². The van der Waals surface area contributed by atoms with Crippen molar-refractivity contribution in [3.8, 4) is 0 Å². The van der Waals surface area contributed by atoms with Gasteiger partial charge in [-0.05, 0) is 18.8 Å². The lowest BCUT2D eigenvalue weighted by atomic mass is 9.93. The third-order valence-corrected chi connectivity index (χ3v) is 2.39. The molecule has 1 atom stereocenters. The predicted octanol–water partition coefficient (Wildman–Crippen LogP) is 2.26. The van der Waals surface area contributed by atoms with Crippen LogP contribution in [0.2, 0.25) is 0 Å². The Morgan fingerprint density at radius 1 is 1.27 bits per heavy atom. The van der Waals surface area contributed by atoms with Crippen LogP contribution in [0.25, 0.3) is 0 Å². The van der Waals surface area contributed by atoms with Crippen LogP contribution in [0.4, 0.5) is 8.78 Å². The fraction of sp³-hybridized carbons (Fsp3) is 0.875. The van der Waals surface area contributed by atoms with Crippen molar-refractivity contribution in [2.45, 2.75) is 32.1 Å². The molecule has 3 heteroatoms. The van der Waals surface area contributed by atoms with Crippen LogP contribution >= 0.6 is 0 Å². The molecule has 0 spiro atoms. The largest absolute Gasteiger partial charge is 0.303 e. The lowest BCUT2D eigenvalue weighted by Crippen LogP contribution is -2.21. The minimum absolute atomic E-state index is 0.0486. The van der Waals surface area contributed by atoms with Crippen molar-refractivity contribution < 1.29 is 13.6 Å². The van der Waals surface area contributed by atoms with E-state index in [-0.39, 0.29) is 5.92 Å². The molecule has 64 valence electrons. The normalized spacial score (nSPS) is 22.5. The fourth-order valence-electron chi connectivity index (χ4n) is 1.72. The molecule has 11 heavy (non-hydrogen) atoms. The van der Waals surface area contributed by atoms with Gasteiger partial charge in [-0.15, -0.1) is 0 Å². The summed E-state index contributed by atoms with van der Waals surface area (Å²) in [7, 11) is 0. The summed E-state index contributed by atoms with van der Waals surface area (Å²) in [5.41, 5.74) is 0. The lowest BCUT2D eigenvalue weighted by molar-refractivity contribution is -0.117. The molecule has 0 amide bonds. The predicted molar refractivity (Wildman–Crippen MR) is 37.5 cm³/mol. The van der Waals surface area contributed by atoms with Crippen molar-refractivity contribution in [2.24, 2.45) is 11.8 Å². The summed E-state index contributed by atoms with van der Waals surface area (Å²) in [6, 6.07) is 0. The molecule has 0 radical (unpaired) electrons. The van der Waals surface area contributed by atoms with E-state index in [0.717, 1.165) is 25.7 Å². The Morgan fingerprint density at radius 3 is 2.18 bits per heavy atom. The SMILES string of the molecule is O=CC(C(F)F)C1CCCC1. The first-order valence-corrected chi connectivity index (χ1v) is 3.99. The van der Waals surface area contributed by atoms with E-state index >= 15 is 0 Å². The first-order chi connectivity index (χ1) is 5.25. The van der Waals surface area contributed by atoms with Gasteiger partial charge in [-0.2, -0.15) is 0 Å². The summed E-state index contributed by atoms with van der Waals surface area (Å²) in [5, 5.41) is 0. The number of rotatable bonds is 3. The van der Waals surface area contributed by atoms with Gasteiger partial charge in [0.1, 0.15) is 6.29 Å². The van der Waals surface area contributed by atoms with Crippen LogP contribution in [-0.2, 0) is 4.79 Å². The molecule has 0 aromatic heterocycles. The maximum Gasteiger partial charge on any atom is 0.248 e. The van der Waals surface area contributed by atoms with Gasteiger partial charge in [0, 0.05) is 0 Å². The number of carbonyl (C=O) groups excluding carboxylic acids is 1. The third kappa shape index (κ3) is 1.98. The van der Waals surface area contributed by atoms with E-state index in [9.17, 15) is 13.6 Å². The van der Waals surface area contributed by atoms with E-state index in [1.807, 2.05) is 0 Å². The van der Waals surface area contributed by atoms with Crippen molar-refractivity contribution in [3.63, 3.8) is 0 Å². The van der Waals surface area contributed by atoms with Gasteiger partial charge < -0.3 is 4.79 Å². The highest BCUT2D eigenvalue weighted by Gasteiger charge is 2.31. The Labute approximate surface area is 64.8 Å². The van der Waals surface area contributed by atoms with Crippen LogP contribution in [0.5, 0.6) is 0 Å². The average molecular weight is 162 g/mol. The fourth-order valence-corrected chi connectivity index (χ4v) is 1.72. The van der Waals surface area contributed by atoms with E-state index in [0.29, 0.717) is 6.29 Å². The molecule has 0 aromatic rings. The Hall–Kier alpha value is -0.470. The quantitative estimate of drug-likeness (QED) is 0.582. The smallest absolute Gasteiger partial charge is 0.248 e. The van der Waals surface area contributed by atoms with Gasteiger partial charge in [0.05, 0.1) is 5.92 Å². The zero-order chi connectivity index (χ0) is 8.27. The van der Waals surface area contributed by atoms with Crippen LogP contribution in [0, 0.1) is 11.8 Å². The van der Waals surface area contributed by atoms with E-state index in [2.05, 4.69) is 0 Å². The molecule has 1 aliphatic rings. The average Bonchev–Trinajstić information content (AvgIpc) is 2.40. The molecule has 0 heterocycles. The van der Waals surface area contributed by atoms with Gasteiger partial charge in [-0.25, -0.2) is 8.78 Å². The highest BCUT2D eigenvalue weighted by atomic mass is 19.3. The van der Waals surface area contributed by atoms with Gasteiger partial charge in [0.2, 0.25) is 6.43 Å². The third-order valence-electron chi connectivity index (χ3n) is 2.39. The molecule has 0 N–H and O–H groups in total. The minimum atomic E-state index is -2.46. The maximum atomic E-state index is 12.1. The molecule has 1 unspecified atom stereocenters. The number of halogens is 2. The van der Waals surface area contributed by atoms with Gasteiger partial charge in [-0.3, -0.25) is 0 Å². The van der Waals surface area contributed by atoms with E-state index in [1.54, 1.807) is 0 Å². The molecular formula is C8H12F2O. The highest BCUT2D eigenvalue weighted by molar-refractivity contribution is 5.54. The summed E-state index contributed by atoms with van der Waals surface area (Å²) < 4.78 is 24.2. The second kappa shape index (κ2) is 3.79. The Kier molecular flexibility index (Phi) is 2.97. The van der Waals surface area contributed by atoms with Crippen molar-refractivity contribution >= 4 is 6.29 Å². The van der Waals surface area contributed by atoms with Crippen molar-refractivity contribution in [2.75, 3.05) is 0 Å². The van der Waals surface area contributed by atoms with Gasteiger partial charge >= 0.3 is 0 Å². The Bertz CT molecular complexity index is 130. The zero-order valence-corrected chi connectivity index (χ0v) is 6.30. The van der Waals surface area contributed by atoms with E-state index in [1.165, 1.54) is 0 Å². The number of alkyl halides is 2. The molecule has 0 saturated heterocycles. The molecular weight excluding hydrogens is 150 g/mol. The Balaban J connectivity index is 2.46. The topological polar surface area (TPSA) is 17.1 Å². The maximum absolute atomic E-state index is 12.1. The monoisotopic (exact) mass is 162 g/mol. The summed E-state index contributed by atoms with van der Waals surface area (Å²) in [4.78, 5) is 10.3. The van der Waals surface area contributed by atoms with Gasteiger partial charge in [-0.1, -0.05) is 12.8 Å². The van der Waals surface area contributed by atoms with Crippen LogP contribution in [0.3, 0.4) is 0 Å². The molecule has 1 saturated carbocycles. The number of hydrogen-bond donors (Lipinski definition) is 0. The van der Waals surface area contributed by atoms with Crippen molar-refractivity contribution in [1.29, 1.82) is 0 Å². The first kappa shape index (κ1) is 8.62. The molecule has 1 aliphatic carbocycles. The second-order valence-electron chi connectivity index (χ2n) is 3.09. The van der Waals surface area contributed by atoms with Gasteiger partial charge in [0.25, 0.3) is 0 Å². The number of carbonyl (C=O) groups is 1. The minimum Gasteiger partial charge on any atom is -0.303 e. The molecule has 1 fully saturated rings. The van der Waals surface area contributed by atoms with Crippen LogP contribution in [0.1, 0.15) is 25.7 Å². The van der Waals surface area contributed by atoms with Crippen molar-refractivity contribution in [1.82, 2.24) is 0 Å². The molecule has 0 aromatic carbocycles. The summed E-state index contributed by atoms with van der Waals surface area (Å²) in [6.45, 7) is 0. The zero-order valence-electron chi connectivity index (χ0n) is 6.30. The number of hydrogen-bond acceptors (Lipinski definition) is 1. The van der Waals surface area contributed by atoms with Crippen LogP contribution in [0.15, 0.2) is 0 Å². The summed E-state index contributed by atoms with van der Waals surface area (Å²) in [5.74, 6) is -1.05. The van der Waals surface area contributed by atoms with Crippen molar-refractivity contribution in [3.05, 3.63) is 0 Å². The molecule has 0 aliphatic heterocycles.